The third-order valence-electron chi connectivity index (χ3n) is 5.55. The average molecular weight is 447 g/mol. The first kappa shape index (κ1) is 21.3. The molecule has 5 rings (SSSR count). The van der Waals surface area contributed by atoms with Crippen molar-refractivity contribution >= 4 is 28.2 Å². The summed E-state index contributed by atoms with van der Waals surface area (Å²) >= 11 is 0. The number of Topliss-reactive ketones (excluding diaryl/α,β-unsaturated/α-hetero) is 1. The van der Waals surface area contributed by atoms with E-state index in [9.17, 15) is 4.79 Å². The van der Waals surface area contributed by atoms with Gasteiger partial charge in [0.1, 0.15) is 11.6 Å². The molecular formula is C28H22N4O2. The fourth-order valence-electron chi connectivity index (χ4n) is 3.78. The highest BCUT2D eigenvalue weighted by Gasteiger charge is 2.13. The Labute approximate surface area is 197 Å². The molecule has 0 saturated carbocycles. The van der Waals surface area contributed by atoms with E-state index in [1.54, 1.807) is 32.5 Å². The van der Waals surface area contributed by atoms with Crippen LogP contribution in [0.2, 0.25) is 0 Å². The van der Waals surface area contributed by atoms with Crippen LogP contribution in [0.25, 0.3) is 33.4 Å². The number of ether oxygens (including phenoxy) is 1. The van der Waals surface area contributed by atoms with Crippen molar-refractivity contribution < 1.29 is 9.53 Å². The zero-order valence-electron chi connectivity index (χ0n) is 18.8. The number of methoxy groups -OCH3 is 1. The van der Waals surface area contributed by atoms with Crippen LogP contribution in [0.1, 0.15) is 17.3 Å². The molecule has 0 spiro atoms. The number of nitrogens with zero attached hydrogens (tertiary/aromatic N) is 3. The van der Waals surface area contributed by atoms with Crippen LogP contribution < -0.4 is 10.1 Å². The van der Waals surface area contributed by atoms with Crippen LogP contribution in [0.3, 0.4) is 0 Å². The largest absolute Gasteiger partial charge is 0.497 e. The molecule has 6 nitrogen and oxygen atoms in total. The number of rotatable bonds is 6. The Kier molecular flexibility index (Phi) is 5.70. The molecule has 6 heteroatoms. The van der Waals surface area contributed by atoms with Crippen molar-refractivity contribution in [1.29, 1.82) is 0 Å². The van der Waals surface area contributed by atoms with Crippen molar-refractivity contribution in [3.63, 3.8) is 0 Å². The maximum atomic E-state index is 11.9. The minimum atomic E-state index is 0.00700. The lowest BCUT2D eigenvalue weighted by Crippen LogP contribution is -2.01. The molecule has 5 aromatic rings. The SMILES string of the molecule is COc1cccc(-c2ccc3nc(-c4cccnc4)nc(Nc4cccc(C(C)=O)c4)c3c2)c1. The smallest absolute Gasteiger partial charge is 0.163 e. The average Bonchev–Trinajstić information content (AvgIpc) is 2.89. The number of carbonyl (C=O) groups excluding carboxylic acids is 1. The number of hydrogen-bond donors (Lipinski definition) is 1. The number of hydrogen-bond acceptors (Lipinski definition) is 6. The molecule has 0 bridgehead atoms. The number of pyridine rings is 1. The monoisotopic (exact) mass is 446 g/mol. The lowest BCUT2D eigenvalue weighted by atomic mass is 10.0. The topological polar surface area (TPSA) is 77.0 Å². The van der Waals surface area contributed by atoms with Gasteiger partial charge in [0.25, 0.3) is 0 Å². The summed E-state index contributed by atoms with van der Waals surface area (Å²) in [7, 11) is 1.66. The summed E-state index contributed by atoms with van der Waals surface area (Å²) in [6, 6.07) is 25.2. The van der Waals surface area contributed by atoms with Crippen LogP contribution in [0, 0.1) is 0 Å². The zero-order chi connectivity index (χ0) is 23.5. The zero-order valence-corrected chi connectivity index (χ0v) is 18.8. The molecule has 0 aliphatic rings. The van der Waals surface area contributed by atoms with Crippen molar-refractivity contribution in [1.82, 2.24) is 15.0 Å². The van der Waals surface area contributed by atoms with Gasteiger partial charge in [0.2, 0.25) is 0 Å². The van der Waals surface area contributed by atoms with Gasteiger partial charge in [-0.25, -0.2) is 9.97 Å². The molecule has 166 valence electrons. The van der Waals surface area contributed by atoms with Crippen LogP contribution in [0.5, 0.6) is 5.75 Å². The van der Waals surface area contributed by atoms with Crippen molar-refractivity contribution in [2.24, 2.45) is 0 Å². The van der Waals surface area contributed by atoms with Gasteiger partial charge >= 0.3 is 0 Å². The maximum Gasteiger partial charge on any atom is 0.163 e. The second kappa shape index (κ2) is 9.11. The van der Waals surface area contributed by atoms with Gasteiger partial charge in [0, 0.05) is 34.6 Å². The molecule has 0 fully saturated rings. The Morgan fingerprint density at radius 1 is 0.853 bits per heavy atom. The lowest BCUT2D eigenvalue weighted by Gasteiger charge is -2.13. The van der Waals surface area contributed by atoms with Gasteiger partial charge in [-0.1, -0.05) is 30.3 Å². The Morgan fingerprint density at radius 2 is 1.68 bits per heavy atom. The van der Waals surface area contributed by atoms with Gasteiger partial charge in [0.15, 0.2) is 11.6 Å². The molecule has 1 N–H and O–H groups in total. The highest BCUT2D eigenvalue weighted by molar-refractivity contribution is 5.97. The van der Waals surface area contributed by atoms with Crippen molar-refractivity contribution in [2.75, 3.05) is 12.4 Å². The van der Waals surface area contributed by atoms with Gasteiger partial charge < -0.3 is 10.1 Å². The number of carbonyl (C=O) groups is 1. The predicted molar refractivity (Wildman–Crippen MR) is 134 cm³/mol. The molecular weight excluding hydrogens is 424 g/mol. The Balaban J connectivity index is 1.67. The van der Waals surface area contributed by atoms with E-state index in [0.717, 1.165) is 39.0 Å². The fourth-order valence-corrected chi connectivity index (χ4v) is 3.78. The molecule has 0 unspecified atom stereocenters. The summed E-state index contributed by atoms with van der Waals surface area (Å²) in [4.78, 5) is 25.7. The number of ketones is 1. The standard InChI is InChI=1S/C28H22N4O2/c1-18(33)19-6-3-9-23(14-19)30-28-25-16-21(20-7-4-10-24(15-20)34-2)11-12-26(25)31-27(32-28)22-8-5-13-29-17-22/h3-17H,1-2H3,(H,30,31,32). The number of anilines is 2. The third-order valence-corrected chi connectivity index (χ3v) is 5.55. The minimum absolute atomic E-state index is 0.00700. The second-order valence-electron chi connectivity index (χ2n) is 7.86. The van der Waals surface area contributed by atoms with Gasteiger partial charge in [-0.15, -0.1) is 0 Å². The Morgan fingerprint density at radius 3 is 2.47 bits per heavy atom. The van der Waals surface area contributed by atoms with Gasteiger partial charge in [-0.3, -0.25) is 9.78 Å². The summed E-state index contributed by atoms with van der Waals surface area (Å²) in [6.07, 6.45) is 3.46. The Bertz CT molecular complexity index is 1500. The maximum absolute atomic E-state index is 11.9. The first-order valence-electron chi connectivity index (χ1n) is 10.9. The molecule has 34 heavy (non-hydrogen) atoms. The normalized spacial score (nSPS) is 10.8. The van der Waals surface area contributed by atoms with E-state index < -0.39 is 0 Å². The van der Waals surface area contributed by atoms with E-state index in [2.05, 4.69) is 16.4 Å². The number of aromatic nitrogens is 3. The van der Waals surface area contributed by atoms with E-state index in [0.29, 0.717) is 17.2 Å². The summed E-state index contributed by atoms with van der Waals surface area (Å²) in [6.45, 7) is 1.56. The number of benzene rings is 3. The highest BCUT2D eigenvalue weighted by atomic mass is 16.5. The molecule has 0 atom stereocenters. The van der Waals surface area contributed by atoms with Gasteiger partial charge in [-0.2, -0.15) is 0 Å². The van der Waals surface area contributed by atoms with Crippen molar-refractivity contribution in [3.05, 3.63) is 96.8 Å². The van der Waals surface area contributed by atoms with Crippen molar-refractivity contribution in [2.45, 2.75) is 6.92 Å². The molecule has 0 saturated heterocycles. The van der Waals surface area contributed by atoms with Crippen molar-refractivity contribution in [3.8, 4) is 28.3 Å². The number of fused-ring (bicyclic) bond motifs is 1. The molecule has 0 amide bonds. The van der Waals surface area contributed by atoms with Crippen LogP contribution >= 0.6 is 0 Å². The summed E-state index contributed by atoms with van der Waals surface area (Å²) in [5.74, 6) is 2.02. The molecule has 3 aromatic carbocycles. The summed E-state index contributed by atoms with van der Waals surface area (Å²) in [5.41, 5.74) is 5.07. The molecule has 0 radical (unpaired) electrons. The molecule has 2 aromatic heterocycles. The van der Waals surface area contributed by atoms with Crippen LogP contribution in [-0.4, -0.2) is 27.8 Å². The second-order valence-corrected chi connectivity index (χ2v) is 7.86. The lowest BCUT2D eigenvalue weighted by molar-refractivity contribution is 0.101. The first-order chi connectivity index (χ1) is 16.6. The van der Waals surface area contributed by atoms with E-state index in [1.807, 2.05) is 66.7 Å². The van der Waals surface area contributed by atoms with E-state index in [4.69, 9.17) is 14.7 Å². The molecule has 2 heterocycles. The van der Waals surface area contributed by atoms with E-state index >= 15 is 0 Å². The van der Waals surface area contributed by atoms with Crippen LogP contribution in [0.15, 0.2) is 91.3 Å². The minimum Gasteiger partial charge on any atom is -0.497 e. The summed E-state index contributed by atoms with van der Waals surface area (Å²) < 4.78 is 5.39. The third kappa shape index (κ3) is 4.34. The highest BCUT2D eigenvalue weighted by Crippen LogP contribution is 2.32. The predicted octanol–water partition coefficient (Wildman–Crippen LogP) is 6.31. The Hall–Kier alpha value is -4.58. The van der Waals surface area contributed by atoms with E-state index in [-0.39, 0.29) is 5.78 Å². The molecule has 0 aliphatic carbocycles. The summed E-state index contributed by atoms with van der Waals surface area (Å²) in [5, 5.41) is 4.27. The van der Waals surface area contributed by atoms with E-state index in [1.165, 1.54) is 0 Å². The van der Waals surface area contributed by atoms with Crippen LogP contribution in [0.4, 0.5) is 11.5 Å². The first-order valence-corrected chi connectivity index (χ1v) is 10.9. The molecule has 0 aliphatic heterocycles. The van der Waals surface area contributed by atoms with Gasteiger partial charge in [-0.05, 0) is 66.6 Å². The number of nitrogens with one attached hydrogen (secondary N) is 1. The van der Waals surface area contributed by atoms with Crippen LogP contribution in [-0.2, 0) is 0 Å². The fraction of sp³-hybridized carbons (Fsp3) is 0.0714. The quantitative estimate of drug-likeness (QED) is 0.308. The van der Waals surface area contributed by atoms with Gasteiger partial charge in [0.05, 0.1) is 12.6 Å².